The van der Waals surface area contributed by atoms with Gasteiger partial charge in [-0.25, -0.2) is 13.2 Å². The van der Waals surface area contributed by atoms with Crippen molar-refractivity contribution in [1.82, 2.24) is 5.32 Å². The molecule has 0 bridgehead atoms. The molecule has 0 saturated carbocycles. The van der Waals surface area contributed by atoms with Gasteiger partial charge in [-0.3, -0.25) is 4.79 Å². The van der Waals surface area contributed by atoms with Gasteiger partial charge in [-0.15, -0.1) is 0 Å². The lowest BCUT2D eigenvalue weighted by Crippen LogP contribution is -2.24. The summed E-state index contributed by atoms with van der Waals surface area (Å²) in [4.78, 5) is 24.7. The number of carbonyl (C=O) groups excluding carboxylic acids is 2. The molecular formula is C21H21NO7S. The molecule has 9 heteroatoms. The zero-order chi connectivity index (χ0) is 21.9. The minimum Gasteiger partial charge on any atom is -0.496 e. The number of ether oxygens (including phenoxy) is 2. The summed E-state index contributed by atoms with van der Waals surface area (Å²) in [5.41, 5.74) is 1.60. The molecule has 1 aromatic heterocycles. The lowest BCUT2D eigenvalue weighted by molar-refractivity contribution is 0.0597. The van der Waals surface area contributed by atoms with Crippen LogP contribution < -0.4 is 10.1 Å². The Bertz CT molecular complexity index is 1210. The molecule has 158 valence electrons. The van der Waals surface area contributed by atoms with Crippen molar-refractivity contribution < 1.29 is 31.9 Å². The normalized spacial score (nSPS) is 11.3. The predicted octanol–water partition coefficient (Wildman–Crippen LogP) is 2.70. The third-order valence-electron chi connectivity index (χ3n) is 4.43. The van der Waals surface area contributed by atoms with E-state index >= 15 is 0 Å². The molecule has 0 aliphatic carbocycles. The highest BCUT2D eigenvalue weighted by atomic mass is 32.2. The van der Waals surface area contributed by atoms with Gasteiger partial charge < -0.3 is 19.2 Å². The first-order valence-electron chi connectivity index (χ1n) is 8.95. The molecule has 3 rings (SSSR count). The van der Waals surface area contributed by atoms with Gasteiger partial charge in [0, 0.05) is 23.8 Å². The van der Waals surface area contributed by atoms with Crippen LogP contribution in [-0.2, 0) is 26.9 Å². The van der Waals surface area contributed by atoms with E-state index in [-0.39, 0.29) is 23.6 Å². The number of fused-ring (bicyclic) bond motifs is 1. The second-order valence-corrected chi connectivity index (χ2v) is 8.83. The second-order valence-electron chi connectivity index (χ2n) is 6.68. The van der Waals surface area contributed by atoms with Crippen LogP contribution in [0.25, 0.3) is 11.0 Å². The Morgan fingerprint density at radius 1 is 1.10 bits per heavy atom. The quantitative estimate of drug-likeness (QED) is 0.573. The summed E-state index contributed by atoms with van der Waals surface area (Å²) >= 11 is 0. The SMILES string of the molecule is COC(=O)c1cc(CNC(=O)c2oc3ccccc3c2CS(C)(=O)=O)ccc1OC. The summed E-state index contributed by atoms with van der Waals surface area (Å²) in [6.07, 6.45) is 1.10. The molecule has 0 unspecified atom stereocenters. The van der Waals surface area contributed by atoms with Gasteiger partial charge in [0.05, 0.1) is 20.0 Å². The zero-order valence-corrected chi connectivity index (χ0v) is 17.5. The van der Waals surface area contributed by atoms with E-state index in [0.717, 1.165) is 6.26 Å². The van der Waals surface area contributed by atoms with Gasteiger partial charge in [0.25, 0.3) is 5.91 Å². The third-order valence-corrected chi connectivity index (χ3v) is 5.25. The van der Waals surface area contributed by atoms with Crippen molar-refractivity contribution in [3.63, 3.8) is 0 Å². The molecular weight excluding hydrogens is 410 g/mol. The highest BCUT2D eigenvalue weighted by Gasteiger charge is 2.23. The number of amides is 1. The molecule has 2 aromatic carbocycles. The first-order valence-corrected chi connectivity index (χ1v) is 11.0. The van der Waals surface area contributed by atoms with E-state index in [4.69, 9.17) is 13.9 Å². The van der Waals surface area contributed by atoms with Crippen molar-refractivity contribution >= 4 is 32.7 Å². The van der Waals surface area contributed by atoms with Gasteiger partial charge in [0.1, 0.15) is 16.9 Å². The van der Waals surface area contributed by atoms with Crippen LogP contribution in [-0.4, -0.2) is 40.8 Å². The number of rotatable bonds is 7. The standard InChI is InChI=1S/C21H21NO7S/c1-27-17-9-8-13(10-15(17)21(24)28-2)11-22-20(23)19-16(12-30(3,25)26)14-6-4-5-7-18(14)29-19/h4-10H,11-12H2,1-3H3,(H,22,23). The van der Waals surface area contributed by atoms with Crippen LogP contribution in [0.15, 0.2) is 46.9 Å². The molecule has 0 radical (unpaired) electrons. The Hall–Kier alpha value is -3.33. The van der Waals surface area contributed by atoms with E-state index in [1.165, 1.54) is 14.2 Å². The number of benzene rings is 2. The summed E-state index contributed by atoms with van der Waals surface area (Å²) in [6, 6.07) is 11.7. The van der Waals surface area contributed by atoms with E-state index in [0.29, 0.717) is 27.8 Å². The fourth-order valence-electron chi connectivity index (χ4n) is 3.08. The fourth-order valence-corrected chi connectivity index (χ4v) is 3.90. The van der Waals surface area contributed by atoms with Crippen LogP contribution in [0.3, 0.4) is 0 Å². The molecule has 0 aliphatic rings. The van der Waals surface area contributed by atoms with Gasteiger partial charge in [0.15, 0.2) is 15.6 Å². The molecule has 30 heavy (non-hydrogen) atoms. The van der Waals surface area contributed by atoms with Gasteiger partial charge in [-0.2, -0.15) is 0 Å². The maximum absolute atomic E-state index is 12.8. The summed E-state index contributed by atoms with van der Waals surface area (Å²) in [7, 11) is -0.689. The predicted molar refractivity (Wildman–Crippen MR) is 110 cm³/mol. The number of furan rings is 1. The van der Waals surface area contributed by atoms with Crippen molar-refractivity contribution in [2.75, 3.05) is 20.5 Å². The molecule has 1 heterocycles. The van der Waals surface area contributed by atoms with Gasteiger partial charge in [-0.05, 0) is 23.8 Å². The number of hydrogen-bond donors (Lipinski definition) is 1. The maximum atomic E-state index is 12.8. The molecule has 0 atom stereocenters. The fraction of sp³-hybridized carbons (Fsp3) is 0.238. The molecule has 0 spiro atoms. The Morgan fingerprint density at radius 3 is 2.50 bits per heavy atom. The van der Waals surface area contributed by atoms with Crippen LogP contribution >= 0.6 is 0 Å². The number of nitrogens with one attached hydrogen (secondary N) is 1. The minimum absolute atomic E-state index is 0.0525. The van der Waals surface area contributed by atoms with E-state index < -0.39 is 21.7 Å². The van der Waals surface area contributed by atoms with E-state index in [1.54, 1.807) is 42.5 Å². The lowest BCUT2D eigenvalue weighted by Gasteiger charge is -2.10. The molecule has 8 nitrogen and oxygen atoms in total. The van der Waals surface area contributed by atoms with Crippen LogP contribution in [0.4, 0.5) is 0 Å². The number of sulfone groups is 1. The van der Waals surface area contributed by atoms with Crippen LogP contribution in [0.2, 0.25) is 0 Å². The zero-order valence-electron chi connectivity index (χ0n) is 16.7. The van der Waals surface area contributed by atoms with Crippen LogP contribution in [0.5, 0.6) is 5.75 Å². The summed E-state index contributed by atoms with van der Waals surface area (Å²) < 4.78 is 39.3. The van der Waals surface area contributed by atoms with Crippen LogP contribution in [0.1, 0.15) is 32.0 Å². The number of methoxy groups -OCH3 is 2. The second kappa shape index (κ2) is 8.58. The van der Waals surface area contributed by atoms with Crippen LogP contribution in [0, 0.1) is 0 Å². The molecule has 0 saturated heterocycles. The number of carbonyl (C=O) groups is 2. The average molecular weight is 431 g/mol. The molecule has 3 aromatic rings. The van der Waals surface area contributed by atoms with Crippen molar-refractivity contribution in [3.8, 4) is 5.75 Å². The highest BCUT2D eigenvalue weighted by molar-refractivity contribution is 7.89. The number of hydrogen-bond acceptors (Lipinski definition) is 7. The maximum Gasteiger partial charge on any atom is 0.341 e. The molecule has 1 N–H and O–H groups in total. The Morgan fingerprint density at radius 2 is 1.83 bits per heavy atom. The smallest absolute Gasteiger partial charge is 0.341 e. The third kappa shape index (κ3) is 4.62. The average Bonchev–Trinajstić information content (AvgIpc) is 3.08. The molecule has 1 amide bonds. The molecule has 0 fully saturated rings. The van der Waals surface area contributed by atoms with E-state index in [1.807, 2.05) is 0 Å². The highest BCUT2D eigenvalue weighted by Crippen LogP contribution is 2.28. The van der Waals surface area contributed by atoms with E-state index in [9.17, 15) is 18.0 Å². The van der Waals surface area contributed by atoms with Crippen molar-refractivity contribution in [2.45, 2.75) is 12.3 Å². The van der Waals surface area contributed by atoms with E-state index in [2.05, 4.69) is 5.32 Å². The van der Waals surface area contributed by atoms with Crippen molar-refractivity contribution in [3.05, 3.63) is 64.9 Å². The number of esters is 1. The van der Waals surface area contributed by atoms with Gasteiger partial charge in [-0.1, -0.05) is 24.3 Å². The summed E-state index contributed by atoms with van der Waals surface area (Å²) in [5.74, 6) is -1.14. The topological polar surface area (TPSA) is 112 Å². The Labute approximate surface area is 173 Å². The summed E-state index contributed by atoms with van der Waals surface area (Å²) in [5, 5.41) is 3.28. The Kier molecular flexibility index (Phi) is 6.12. The molecule has 0 aliphatic heterocycles. The minimum atomic E-state index is -3.39. The number of para-hydroxylation sites is 1. The summed E-state index contributed by atoms with van der Waals surface area (Å²) in [6.45, 7) is 0.0855. The lowest BCUT2D eigenvalue weighted by atomic mass is 10.1. The Balaban J connectivity index is 1.87. The van der Waals surface area contributed by atoms with Gasteiger partial charge in [0.2, 0.25) is 0 Å². The van der Waals surface area contributed by atoms with Crippen molar-refractivity contribution in [2.24, 2.45) is 0 Å². The monoisotopic (exact) mass is 431 g/mol. The first kappa shape index (κ1) is 21.4. The first-order chi connectivity index (χ1) is 14.2. The van der Waals surface area contributed by atoms with Gasteiger partial charge >= 0.3 is 5.97 Å². The largest absolute Gasteiger partial charge is 0.496 e. The van der Waals surface area contributed by atoms with Crippen molar-refractivity contribution in [1.29, 1.82) is 0 Å².